The van der Waals surface area contributed by atoms with Crippen LogP contribution in [0.25, 0.3) is 11.1 Å². The molecule has 0 saturated carbocycles. The first-order valence-corrected chi connectivity index (χ1v) is 6.97. The van der Waals surface area contributed by atoms with Crippen molar-refractivity contribution in [1.82, 2.24) is 0 Å². The first-order chi connectivity index (χ1) is 9.79. The zero-order valence-electron chi connectivity index (χ0n) is 11.8. The average molecular weight is 265 g/mol. The van der Waals surface area contributed by atoms with Gasteiger partial charge < -0.3 is 4.74 Å². The number of ether oxygens (including phenoxy) is 1. The minimum atomic E-state index is 0.110. The van der Waals surface area contributed by atoms with Gasteiger partial charge in [-0.2, -0.15) is 5.26 Å². The standard InChI is InChI=1S/C18H19NO/c1-15(14-19)6-5-13-20-18-11-9-17(10-12-18)16-7-3-2-4-8-16/h2-4,7-12,15H,5-6,13H2,1H3. The number of hydrogen-bond acceptors (Lipinski definition) is 2. The summed E-state index contributed by atoms with van der Waals surface area (Å²) in [5.41, 5.74) is 2.40. The highest BCUT2D eigenvalue weighted by Gasteiger charge is 2.00. The quantitative estimate of drug-likeness (QED) is 0.711. The van der Waals surface area contributed by atoms with Crippen LogP contribution in [0, 0.1) is 17.2 Å². The lowest BCUT2D eigenvalue weighted by Gasteiger charge is -2.08. The average Bonchev–Trinajstić information content (AvgIpc) is 2.52. The molecule has 0 aliphatic heterocycles. The van der Waals surface area contributed by atoms with Gasteiger partial charge in [-0.15, -0.1) is 0 Å². The summed E-state index contributed by atoms with van der Waals surface area (Å²) in [6, 6.07) is 20.7. The molecule has 2 aromatic carbocycles. The molecule has 1 atom stereocenters. The van der Waals surface area contributed by atoms with E-state index in [1.54, 1.807) is 0 Å². The molecule has 0 saturated heterocycles. The van der Waals surface area contributed by atoms with Crippen LogP contribution in [0.4, 0.5) is 0 Å². The van der Waals surface area contributed by atoms with Gasteiger partial charge in [-0.05, 0) is 43.0 Å². The van der Waals surface area contributed by atoms with Crippen molar-refractivity contribution in [3.8, 4) is 22.9 Å². The van der Waals surface area contributed by atoms with E-state index in [9.17, 15) is 0 Å². The summed E-state index contributed by atoms with van der Waals surface area (Å²) in [5.74, 6) is 0.994. The van der Waals surface area contributed by atoms with Gasteiger partial charge in [0.15, 0.2) is 0 Å². The second-order valence-corrected chi connectivity index (χ2v) is 4.91. The van der Waals surface area contributed by atoms with Crippen LogP contribution in [0.3, 0.4) is 0 Å². The molecule has 0 heterocycles. The van der Waals surface area contributed by atoms with Crippen molar-refractivity contribution >= 4 is 0 Å². The van der Waals surface area contributed by atoms with Gasteiger partial charge in [-0.1, -0.05) is 42.5 Å². The topological polar surface area (TPSA) is 33.0 Å². The summed E-state index contributed by atoms with van der Waals surface area (Å²) in [5, 5.41) is 8.70. The van der Waals surface area contributed by atoms with Gasteiger partial charge >= 0.3 is 0 Å². The highest BCUT2D eigenvalue weighted by molar-refractivity contribution is 5.63. The summed E-state index contributed by atoms with van der Waals surface area (Å²) >= 11 is 0. The molecule has 0 aliphatic rings. The lowest BCUT2D eigenvalue weighted by atomic mass is 10.1. The first-order valence-electron chi connectivity index (χ1n) is 6.97. The molecule has 0 bridgehead atoms. The Bertz CT molecular complexity index is 554. The molecular formula is C18H19NO. The van der Waals surface area contributed by atoms with Crippen molar-refractivity contribution < 1.29 is 4.74 Å². The van der Waals surface area contributed by atoms with Crippen molar-refractivity contribution in [3.63, 3.8) is 0 Å². The second kappa shape index (κ2) is 7.35. The predicted molar refractivity (Wildman–Crippen MR) is 81.4 cm³/mol. The van der Waals surface area contributed by atoms with Gasteiger partial charge in [0.2, 0.25) is 0 Å². The molecule has 0 aliphatic carbocycles. The van der Waals surface area contributed by atoms with E-state index in [-0.39, 0.29) is 5.92 Å². The molecule has 2 rings (SSSR count). The molecule has 0 fully saturated rings. The third-order valence-electron chi connectivity index (χ3n) is 3.23. The fourth-order valence-corrected chi connectivity index (χ4v) is 2.02. The van der Waals surface area contributed by atoms with Gasteiger partial charge in [-0.25, -0.2) is 0 Å². The van der Waals surface area contributed by atoms with Gasteiger partial charge in [0.25, 0.3) is 0 Å². The summed E-state index contributed by atoms with van der Waals surface area (Å²) in [4.78, 5) is 0. The van der Waals surface area contributed by atoms with Crippen molar-refractivity contribution in [3.05, 3.63) is 54.6 Å². The van der Waals surface area contributed by atoms with Crippen LogP contribution in [0.1, 0.15) is 19.8 Å². The maximum atomic E-state index is 8.70. The Hall–Kier alpha value is -2.27. The Labute approximate surface area is 120 Å². The molecule has 2 nitrogen and oxygen atoms in total. The van der Waals surface area contributed by atoms with Crippen molar-refractivity contribution in [2.75, 3.05) is 6.61 Å². The second-order valence-electron chi connectivity index (χ2n) is 4.91. The first kappa shape index (κ1) is 14.1. The van der Waals surface area contributed by atoms with Crippen LogP contribution in [0.2, 0.25) is 0 Å². The number of rotatable bonds is 6. The molecule has 0 radical (unpaired) electrons. The third kappa shape index (κ3) is 4.13. The number of hydrogen-bond donors (Lipinski definition) is 0. The van der Waals surface area contributed by atoms with E-state index >= 15 is 0 Å². The van der Waals surface area contributed by atoms with Crippen LogP contribution in [0.15, 0.2) is 54.6 Å². The van der Waals surface area contributed by atoms with Crippen molar-refractivity contribution in [1.29, 1.82) is 5.26 Å². The molecule has 0 spiro atoms. The summed E-state index contributed by atoms with van der Waals surface area (Å²) < 4.78 is 5.68. The molecule has 0 amide bonds. The zero-order chi connectivity index (χ0) is 14.2. The Morgan fingerprint density at radius 2 is 1.65 bits per heavy atom. The predicted octanol–water partition coefficient (Wildman–Crippen LogP) is 4.67. The Morgan fingerprint density at radius 3 is 2.30 bits per heavy atom. The van der Waals surface area contributed by atoms with E-state index in [1.807, 2.05) is 37.3 Å². The van der Waals surface area contributed by atoms with Crippen molar-refractivity contribution in [2.45, 2.75) is 19.8 Å². The Kier molecular flexibility index (Phi) is 5.20. The Balaban J connectivity index is 1.85. The zero-order valence-corrected chi connectivity index (χ0v) is 11.8. The van der Waals surface area contributed by atoms with Crippen LogP contribution in [0.5, 0.6) is 5.75 Å². The Morgan fingerprint density at radius 1 is 1.00 bits per heavy atom. The van der Waals surface area contributed by atoms with E-state index in [0.29, 0.717) is 6.61 Å². The molecule has 0 N–H and O–H groups in total. The lowest BCUT2D eigenvalue weighted by Crippen LogP contribution is -2.00. The van der Waals surface area contributed by atoms with Gasteiger partial charge in [-0.3, -0.25) is 0 Å². The van der Waals surface area contributed by atoms with E-state index in [4.69, 9.17) is 10.00 Å². The van der Waals surface area contributed by atoms with Gasteiger partial charge in [0.1, 0.15) is 5.75 Å². The molecule has 20 heavy (non-hydrogen) atoms. The minimum Gasteiger partial charge on any atom is -0.494 e. The SMILES string of the molecule is CC(C#N)CCCOc1ccc(-c2ccccc2)cc1. The molecule has 2 aromatic rings. The van der Waals surface area contributed by atoms with E-state index < -0.39 is 0 Å². The molecule has 102 valence electrons. The van der Waals surface area contributed by atoms with Crippen molar-refractivity contribution in [2.24, 2.45) is 5.92 Å². The summed E-state index contributed by atoms with van der Waals surface area (Å²) in [6.45, 7) is 2.60. The number of nitriles is 1. The highest BCUT2D eigenvalue weighted by Crippen LogP contribution is 2.22. The van der Waals surface area contributed by atoms with E-state index in [2.05, 4.69) is 30.3 Å². The smallest absolute Gasteiger partial charge is 0.119 e. The third-order valence-corrected chi connectivity index (χ3v) is 3.23. The molecular weight excluding hydrogens is 246 g/mol. The fraction of sp³-hybridized carbons (Fsp3) is 0.278. The maximum Gasteiger partial charge on any atom is 0.119 e. The minimum absolute atomic E-state index is 0.110. The number of benzene rings is 2. The van der Waals surface area contributed by atoms with Crippen LogP contribution < -0.4 is 4.74 Å². The molecule has 2 heteroatoms. The van der Waals surface area contributed by atoms with E-state index in [0.717, 1.165) is 18.6 Å². The van der Waals surface area contributed by atoms with Crippen LogP contribution in [-0.4, -0.2) is 6.61 Å². The monoisotopic (exact) mass is 265 g/mol. The maximum absolute atomic E-state index is 8.70. The van der Waals surface area contributed by atoms with Crippen LogP contribution >= 0.6 is 0 Å². The largest absolute Gasteiger partial charge is 0.494 e. The highest BCUT2D eigenvalue weighted by atomic mass is 16.5. The normalized spacial score (nSPS) is 11.6. The fourth-order valence-electron chi connectivity index (χ4n) is 2.02. The van der Waals surface area contributed by atoms with Crippen LogP contribution in [-0.2, 0) is 0 Å². The number of nitrogens with zero attached hydrogens (tertiary/aromatic N) is 1. The van der Waals surface area contributed by atoms with E-state index in [1.165, 1.54) is 11.1 Å². The molecule has 0 aromatic heterocycles. The van der Waals surface area contributed by atoms with Gasteiger partial charge in [0, 0.05) is 5.92 Å². The molecule has 1 unspecified atom stereocenters. The van der Waals surface area contributed by atoms with Gasteiger partial charge in [0.05, 0.1) is 12.7 Å². The summed E-state index contributed by atoms with van der Waals surface area (Å²) in [6.07, 6.45) is 1.80. The summed E-state index contributed by atoms with van der Waals surface area (Å²) in [7, 11) is 0. The lowest BCUT2D eigenvalue weighted by molar-refractivity contribution is 0.301.